The number of likely N-dealkylation sites (tertiary alicyclic amines) is 1. The third kappa shape index (κ3) is 3.33. The molecule has 146 valence electrons. The molecule has 3 aromatic heterocycles. The standard InChI is InChI=1S/C19H22N6O3/c26-18-10-15(24-7-3-8-24)11-20-25(18)14-4-1-6-23(12-14)13-17-21-19(22-28-17)16-5-2-9-27-16/h2,5,9-11,14H,1,3-4,6-8,12-13H2. The molecule has 0 aliphatic carbocycles. The minimum Gasteiger partial charge on any atom is -0.461 e. The van der Waals surface area contributed by atoms with Gasteiger partial charge < -0.3 is 13.8 Å². The first-order chi connectivity index (χ1) is 13.8. The van der Waals surface area contributed by atoms with Crippen LogP contribution in [-0.4, -0.2) is 51.0 Å². The quantitative estimate of drug-likeness (QED) is 0.661. The predicted octanol–water partition coefficient (Wildman–Crippen LogP) is 1.93. The highest BCUT2D eigenvalue weighted by Gasteiger charge is 2.25. The minimum atomic E-state index is -0.0332. The molecule has 28 heavy (non-hydrogen) atoms. The first-order valence-electron chi connectivity index (χ1n) is 9.69. The topological polar surface area (TPSA) is 93.4 Å². The summed E-state index contributed by atoms with van der Waals surface area (Å²) in [5.41, 5.74) is 0.894. The molecule has 9 heteroatoms. The van der Waals surface area contributed by atoms with Crippen molar-refractivity contribution in [3.63, 3.8) is 0 Å². The Morgan fingerprint density at radius 1 is 1.21 bits per heavy atom. The van der Waals surface area contributed by atoms with E-state index in [1.54, 1.807) is 29.1 Å². The third-order valence-corrected chi connectivity index (χ3v) is 5.43. The summed E-state index contributed by atoms with van der Waals surface area (Å²) in [6.45, 7) is 4.22. The highest BCUT2D eigenvalue weighted by Crippen LogP contribution is 2.23. The van der Waals surface area contributed by atoms with Gasteiger partial charge in [-0.1, -0.05) is 5.16 Å². The molecule has 0 N–H and O–H groups in total. The van der Waals surface area contributed by atoms with Crippen LogP contribution in [0.2, 0.25) is 0 Å². The van der Waals surface area contributed by atoms with Gasteiger partial charge in [-0.05, 0) is 37.9 Å². The molecule has 9 nitrogen and oxygen atoms in total. The Kier molecular flexibility index (Phi) is 4.44. The summed E-state index contributed by atoms with van der Waals surface area (Å²) in [4.78, 5) is 21.4. The second kappa shape index (κ2) is 7.23. The lowest BCUT2D eigenvalue weighted by molar-refractivity contribution is 0.144. The number of rotatable bonds is 5. The van der Waals surface area contributed by atoms with Gasteiger partial charge in [-0.25, -0.2) is 4.68 Å². The van der Waals surface area contributed by atoms with E-state index in [0.29, 0.717) is 24.0 Å². The summed E-state index contributed by atoms with van der Waals surface area (Å²) < 4.78 is 12.3. The number of furan rings is 1. The zero-order chi connectivity index (χ0) is 18.9. The summed E-state index contributed by atoms with van der Waals surface area (Å²) in [6, 6.07) is 5.35. The predicted molar refractivity (Wildman–Crippen MR) is 101 cm³/mol. The molecule has 0 spiro atoms. The Morgan fingerprint density at radius 3 is 2.89 bits per heavy atom. The van der Waals surface area contributed by atoms with Gasteiger partial charge in [0.15, 0.2) is 5.76 Å². The highest BCUT2D eigenvalue weighted by atomic mass is 16.5. The van der Waals surface area contributed by atoms with Crippen molar-refractivity contribution in [3.05, 3.63) is 46.9 Å². The Labute approximate surface area is 161 Å². The lowest BCUT2D eigenvalue weighted by atomic mass is 10.1. The average molecular weight is 382 g/mol. The summed E-state index contributed by atoms with van der Waals surface area (Å²) in [5, 5.41) is 8.43. The van der Waals surface area contributed by atoms with E-state index in [2.05, 4.69) is 25.0 Å². The molecule has 2 saturated heterocycles. The van der Waals surface area contributed by atoms with E-state index in [1.165, 1.54) is 6.42 Å². The van der Waals surface area contributed by atoms with Crippen molar-refractivity contribution in [2.45, 2.75) is 31.8 Å². The number of piperidine rings is 1. The zero-order valence-corrected chi connectivity index (χ0v) is 15.5. The van der Waals surface area contributed by atoms with E-state index in [-0.39, 0.29) is 11.6 Å². The van der Waals surface area contributed by atoms with E-state index in [4.69, 9.17) is 8.94 Å². The number of hydrogen-bond acceptors (Lipinski definition) is 8. The van der Waals surface area contributed by atoms with Gasteiger partial charge in [-0.15, -0.1) is 0 Å². The van der Waals surface area contributed by atoms with Gasteiger partial charge in [0.2, 0.25) is 11.7 Å². The molecule has 0 aromatic carbocycles. The van der Waals surface area contributed by atoms with Gasteiger partial charge >= 0.3 is 0 Å². The van der Waals surface area contributed by atoms with Gasteiger partial charge in [0.05, 0.1) is 30.7 Å². The van der Waals surface area contributed by atoms with Crippen LogP contribution < -0.4 is 10.5 Å². The van der Waals surface area contributed by atoms with Crippen LogP contribution >= 0.6 is 0 Å². The van der Waals surface area contributed by atoms with Crippen molar-refractivity contribution < 1.29 is 8.94 Å². The second-order valence-corrected chi connectivity index (χ2v) is 7.36. The second-order valence-electron chi connectivity index (χ2n) is 7.36. The minimum absolute atomic E-state index is 0.0332. The third-order valence-electron chi connectivity index (χ3n) is 5.43. The number of hydrogen-bond donors (Lipinski definition) is 0. The fourth-order valence-corrected chi connectivity index (χ4v) is 3.82. The average Bonchev–Trinajstić information content (AvgIpc) is 3.32. The van der Waals surface area contributed by atoms with Gasteiger partial charge in [0, 0.05) is 25.7 Å². The van der Waals surface area contributed by atoms with Crippen LogP contribution in [-0.2, 0) is 6.54 Å². The maximum absolute atomic E-state index is 12.6. The molecule has 0 bridgehead atoms. The van der Waals surface area contributed by atoms with Crippen LogP contribution in [0.1, 0.15) is 31.2 Å². The molecular formula is C19H22N6O3. The SMILES string of the molecule is O=c1cc(N2CCC2)cnn1C1CCCN(Cc2nc(-c3ccco3)no2)C1. The van der Waals surface area contributed by atoms with Crippen molar-refractivity contribution in [1.82, 2.24) is 24.8 Å². The van der Waals surface area contributed by atoms with Crippen LogP contribution in [0.25, 0.3) is 11.6 Å². The van der Waals surface area contributed by atoms with E-state index in [9.17, 15) is 4.79 Å². The Bertz CT molecular complexity index is 991. The molecule has 0 radical (unpaired) electrons. The lowest BCUT2D eigenvalue weighted by Crippen LogP contribution is -2.41. The van der Waals surface area contributed by atoms with Crippen LogP contribution in [0.15, 0.2) is 44.4 Å². The molecule has 3 aromatic rings. The van der Waals surface area contributed by atoms with E-state index in [1.807, 2.05) is 6.20 Å². The summed E-state index contributed by atoms with van der Waals surface area (Å²) in [7, 11) is 0. The van der Waals surface area contributed by atoms with Gasteiger partial charge in [-0.2, -0.15) is 10.1 Å². The van der Waals surface area contributed by atoms with Gasteiger partial charge in [0.1, 0.15) is 0 Å². The van der Waals surface area contributed by atoms with Crippen molar-refractivity contribution in [1.29, 1.82) is 0 Å². The molecule has 1 unspecified atom stereocenters. The van der Waals surface area contributed by atoms with Gasteiger partial charge in [-0.3, -0.25) is 9.69 Å². The molecular weight excluding hydrogens is 360 g/mol. The molecule has 1 atom stereocenters. The summed E-state index contributed by atoms with van der Waals surface area (Å²) >= 11 is 0. The van der Waals surface area contributed by atoms with Crippen molar-refractivity contribution >= 4 is 5.69 Å². The van der Waals surface area contributed by atoms with Crippen LogP contribution in [0.4, 0.5) is 5.69 Å². The first-order valence-corrected chi connectivity index (χ1v) is 9.69. The molecule has 5 rings (SSSR count). The zero-order valence-electron chi connectivity index (χ0n) is 15.5. The number of nitrogens with zero attached hydrogens (tertiary/aromatic N) is 6. The van der Waals surface area contributed by atoms with Crippen LogP contribution in [0.3, 0.4) is 0 Å². The largest absolute Gasteiger partial charge is 0.461 e. The number of anilines is 1. The molecule has 2 fully saturated rings. The Hall–Kier alpha value is -2.94. The van der Waals surface area contributed by atoms with E-state index in [0.717, 1.165) is 44.7 Å². The maximum Gasteiger partial charge on any atom is 0.269 e. The normalized spacial score (nSPS) is 20.3. The summed E-state index contributed by atoms with van der Waals surface area (Å²) in [6.07, 6.45) is 6.50. The van der Waals surface area contributed by atoms with E-state index < -0.39 is 0 Å². The number of aromatic nitrogens is 4. The van der Waals surface area contributed by atoms with Crippen molar-refractivity contribution in [2.75, 3.05) is 31.1 Å². The molecule has 0 amide bonds. The molecule has 2 aliphatic heterocycles. The van der Waals surface area contributed by atoms with Gasteiger partial charge in [0.25, 0.3) is 5.56 Å². The fraction of sp³-hybridized carbons (Fsp3) is 0.474. The first kappa shape index (κ1) is 17.2. The summed E-state index contributed by atoms with van der Waals surface area (Å²) in [5.74, 6) is 1.58. The highest BCUT2D eigenvalue weighted by molar-refractivity contribution is 5.45. The maximum atomic E-state index is 12.6. The molecule has 5 heterocycles. The van der Waals surface area contributed by atoms with Crippen molar-refractivity contribution in [3.8, 4) is 11.6 Å². The fourth-order valence-electron chi connectivity index (χ4n) is 3.82. The monoisotopic (exact) mass is 382 g/mol. The van der Waals surface area contributed by atoms with Crippen molar-refractivity contribution in [2.24, 2.45) is 0 Å². The lowest BCUT2D eigenvalue weighted by Gasteiger charge is -2.34. The van der Waals surface area contributed by atoms with E-state index >= 15 is 0 Å². The molecule has 2 aliphatic rings. The molecule has 0 saturated carbocycles. The Balaban J connectivity index is 1.27. The van der Waals surface area contributed by atoms with Crippen LogP contribution in [0.5, 0.6) is 0 Å². The van der Waals surface area contributed by atoms with Crippen LogP contribution in [0, 0.1) is 0 Å². The smallest absolute Gasteiger partial charge is 0.269 e. The Morgan fingerprint density at radius 2 is 2.14 bits per heavy atom.